The van der Waals surface area contributed by atoms with Gasteiger partial charge in [0.2, 0.25) is 5.96 Å². The second-order valence-electron chi connectivity index (χ2n) is 5.55. The molecule has 124 valence electrons. The Morgan fingerprint density at radius 2 is 1.80 bits per heavy atom. The maximum atomic E-state index is 12.5. The molecule has 0 saturated carbocycles. The predicted octanol–water partition coefficient (Wildman–Crippen LogP) is 2.00. The topological polar surface area (TPSA) is 87.5 Å². The molecule has 2 heterocycles. The van der Waals surface area contributed by atoms with Crippen LogP contribution in [0, 0.1) is 0 Å². The number of aromatic nitrogens is 1. The van der Waals surface area contributed by atoms with Crippen molar-refractivity contribution < 1.29 is 9.59 Å². The molecule has 4 rings (SSSR count). The van der Waals surface area contributed by atoms with E-state index in [0.29, 0.717) is 17.2 Å². The van der Waals surface area contributed by atoms with Gasteiger partial charge in [-0.3, -0.25) is 25.0 Å². The summed E-state index contributed by atoms with van der Waals surface area (Å²) in [5, 5.41) is 4.02. The maximum absolute atomic E-state index is 12.5. The highest BCUT2D eigenvalue weighted by Crippen LogP contribution is 2.16. The lowest BCUT2D eigenvalue weighted by Gasteiger charge is -2.08. The molecule has 1 aromatic heterocycles. The van der Waals surface area contributed by atoms with E-state index in [-0.39, 0.29) is 18.4 Å². The Morgan fingerprint density at radius 1 is 1.00 bits per heavy atom. The van der Waals surface area contributed by atoms with Gasteiger partial charge in [0.05, 0.1) is 16.8 Å². The molecule has 0 atom stereocenters. The number of rotatable bonds is 2. The van der Waals surface area contributed by atoms with Gasteiger partial charge in [-0.05, 0) is 24.3 Å². The monoisotopic (exact) mass is 333 g/mol. The zero-order valence-electron chi connectivity index (χ0n) is 13.2. The van der Waals surface area contributed by atoms with Crippen LogP contribution in [0.1, 0.15) is 15.2 Å². The fraction of sp³-hybridized carbons (Fsp3) is 0.0556. The van der Waals surface area contributed by atoms with Gasteiger partial charge >= 0.3 is 0 Å². The fourth-order valence-electron chi connectivity index (χ4n) is 2.73. The molecule has 3 N–H and O–H groups in total. The molecule has 0 unspecified atom stereocenters. The summed E-state index contributed by atoms with van der Waals surface area (Å²) in [6.07, 6.45) is 1.73. The molecule has 7 heteroatoms. The molecular formula is C18H15N5O2. The lowest BCUT2D eigenvalue weighted by molar-refractivity contribution is 0.0928. The summed E-state index contributed by atoms with van der Waals surface area (Å²) in [5.74, 6) is -0.125. The zero-order valence-corrected chi connectivity index (χ0v) is 13.2. The highest BCUT2D eigenvalue weighted by atomic mass is 16.2. The largest absolute Gasteiger partial charge is 0.324 e. The van der Waals surface area contributed by atoms with E-state index in [2.05, 4.69) is 21.2 Å². The molecule has 25 heavy (non-hydrogen) atoms. The highest BCUT2D eigenvalue weighted by Gasteiger charge is 2.17. The van der Waals surface area contributed by atoms with Crippen LogP contribution >= 0.6 is 0 Å². The summed E-state index contributed by atoms with van der Waals surface area (Å²) in [6.45, 7) is -0.0634. The molecule has 0 fully saturated rings. The first-order valence-electron chi connectivity index (χ1n) is 7.78. The van der Waals surface area contributed by atoms with Gasteiger partial charge in [0.25, 0.3) is 11.8 Å². The summed E-state index contributed by atoms with van der Waals surface area (Å²) in [4.78, 5) is 28.7. The van der Waals surface area contributed by atoms with E-state index in [0.717, 1.165) is 10.9 Å². The second kappa shape index (κ2) is 6.12. The number of para-hydroxylation sites is 2. The van der Waals surface area contributed by atoms with E-state index in [1.165, 1.54) is 0 Å². The van der Waals surface area contributed by atoms with Crippen molar-refractivity contribution in [2.24, 2.45) is 4.99 Å². The van der Waals surface area contributed by atoms with E-state index in [4.69, 9.17) is 0 Å². The minimum Gasteiger partial charge on any atom is -0.324 e. The normalized spacial score (nSPS) is 15.0. The minimum absolute atomic E-state index is 0.0634. The SMILES string of the molecule is O=C1NNC(=NCC(=O)n2ccc3ccccc32)Nc2ccccc21. The molecule has 3 aromatic rings. The first-order chi connectivity index (χ1) is 12.2. The average Bonchev–Trinajstić information content (AvgIpc) is 3.00. The Bertz CT molecular complexity index is 1010. The van der Waals surface area contributed by atoms with E-state index in [9.17, 15) is 9.59 Å². The van der Waals surface area contributed by atoms with Crippen LogP contribution in [0.2, 0.25) is 0 Å². The van der Waals surface area contributed by atoms with Crippen molar-refractivity contribution in [3.8, 4) is 0 Å². The quantitative estimate of drug-likeness (QED) is 0.669. The number of nitrogens with one attached hydrogen (secondary N) is 3. The van der Waals surface area contributed by atoms with Crippen molar-refractivity contribution in [1.29, 1.82) is 0 Å². The predicted molar refractivity (Wildman–Crippen MR) is 95.5 cm³/mol. The lowest BCUT2D eigenvalue weighted by atomic mass is 10.2. The highest BCUT2D eigenvalue weighted by molar-refractivity contribution is 6.08. The molecule has 1 aliphatic rings. The average molecular weight is 333 g/mol. The Morgan fingerprint density at radius 3 is 2.72 bits per heavy atom. The Hall–Kier alpha value is -3.61. The van der Waals surface area contributed by atoms with Crippen LogP contribution in [0.3, 0.4) is 0 Å². The van der Waals surface area contributed by atoms with Crippen LogP contribution in [0.4, 0.5) is 5.69 Å². The van der Waals surface area contributed by atoms with Crippen LogP contribution < -0.4 is 16.2 Å². The van der Waals surface area contributed by atoms with Crippen molar-refractivity contribution >= 4 is 34.4 Å². The van der Waals surface area contributed by atoms with Crippen molar-refractivity contribution in [2.75, 3.05) is 11.9 Å². The Kier molecular flexibility index (Phi) is 3.66. The number of guanidine groups is 1. The number of hydrogen-bond donors (Lipinski definition) is 3. The third-order valence-electron chi connectivity index (χ3n) is 3.96. The number of nitrogens with zero attached hydrogens (tertiary/aromatic N) is 2. The van der Waals surface area contributed by atoms with Crippen LogP contribution in [0.15, 0.2) is 65.8 Å². The van der Waals surface area contributed by atoms with E-state index >= 15 is 0 Å². The molecule has 0 saturated heterocycles. The first kappa shape index (κ1) is 14.9. The van der Waals surface area contributed by atoms with Crippen molar-refractivity contribution in [1.82, 2.24) is 15.4 Å². The number of carbonyl (C=O) groups is 2. The fourth-order valence-corrected chi connectivity index (χ4v) is 2.73. The minimum atomic E-state index is -0.268. The third-order valence-corrected chi connectivity index (χ3v) is 3.96. The molecule has 1 amide bonds. The van der Waals surface area contributed by atoms with Crippen LogP contribution in [-0.4, -0.2) is 28.9 Å². The Balaban J connectivity index is 1.56. The van der Waals surface area contributed by atoms with Crippen molar-refractivity contribution in [3.63, 3.8) is 0 Å². The summed E-state index contributed by atoms with van der Waals surface area (Å²) in [6, 6.07) is 16.6. The number of amides is 1. The first-order valence-corrected chi connectivity index (χ1v) is 7.78. The summed E-state index contributed by atoms with van der Waals surface area (Å²) < 4.78 is 1.57. The number of hydrogen-bond acceptors (Lipinski definition) is 3. The number of hydrazine groups is 1. The van der Waals surface area contributed by atoms with Gasteiger partial charge in [0, 0.05) is 11.6 Å². The number of aliphatic imine (C=N–C) groups is 1. The summed E-state index contributed by atoms with van der Waals surface area (Å²) in [5.41, 5.74) is 7.20. The van der Waals surface area contributed by atoms with Gasteiger partial charge in [-0.15, -0.1) is 0 Å². The third kappa shape index (κ3) is 2.83. The van der Waals surface area contributed by atoms with E-state index in [1.54, 1.807) is 29.0 Å². The number of carbonyl (C=O) groups excluding carboxylic acids is 2. The second-order valence-corrected chi connectivity index (χ2v) is 5.55. The lowest BCUT2D eigenvalue weighted by Crippen LogP contribution is -2.42. The molecule has 0 spiro atoms. The van der Waals surface area contributed by atoms with Crippen LogP contribution in [0.5, 0.6) is 0 Å². The molecule has 1 aliphatic heterocycles. The maximum Gasteiger partial charge on any atom is 0.271 e. The smallest absolute Gasteiger partial charge is 0.271 e. The number of fused-ring (bicyclic) bond motifs is 2. The van der Waals surface area contributed by atoms with Gasteiger partial charge in [-0.2, -0.15) is 0 Å². The Labute approximate surface area is 143 Å². The summed E-state index contributed by atoms with van der Waals surface area (Å²) in [7, 11) is 0. The molecule has 0 radical (unpaired) electrons. The number of anilines is 1. The molecule has 2 aromatic carbocycles. The molecule has 0 bridgehead atoms. The molecule has 7 nitrogen and oxygen atoms in total. The van der Waals surface area contributed by atoms with Crippen LogP contribution in [-0.2, 0) is 0 Å². The van der Waals surface area contributed by atoms with Gasteiger partial charge < -0.3 is 5.32 Å². The van der Waals surface area contributed by atoms with Crippen molar-refractivity contribution in [2.45, 2.75) is 0 Å². The van der Waals surface area contributed by atoms with Crippen molar-refractivity contribution in [3.05, 3.63) is 66.4 Å². The zero-order chi connectivity index (χ0) is 17.2. The number of benzene rings is 2. The van der Waals surface area contributed by atoms with Gasteiger partial charge in [-0.25, -0.2) is 4.99 Å². The molecular weight excluding hydrogens is 318 g/mol. The van der Waals surface area contributed by atoms with Gasteiger partial charge in [-0.1, -0.05) is 30.3 Å². The van der Waals surface area contributed by atoms with E-state index < -0.39 is 0 Å². The van der Waals surface area contributed by atoms with Gasteiger partial charge in [0.15, 0.2) is 0 Å². The standard InChI is InChI=1S/C18H15N5O2/c24-16(23-10-9-12-5-1-4-8-15(12)23)11-19-18-20-14-7-3-2-6-13(14)17(25)21-22-18/h1-10H,11H2,(H,21,25)(H2,19,20,22). The summed E-state index contributed by atoms with van der Waals surface area (Å²) >= 11 is 0. The van der Waals surface area contributed by atoms with Gasteiger partial charge in [0.1, 0.15) is 6.54 Å². The van der Waals surface area contributed by atoms with E-state index in [1.807, 2.05) is 36.4 Å². The molecule has 0 aliphatic carbocycles. The van der Waals surface area contributed by atoms with Crippen LogP contribution in [0.25, 0.3) is 10.9 Å².